The van der Waals surface area contributed by atoms with Gasteiger partial charge in [-0.2, -0.15) is 0 Å². The van der Waals surface area contributed by atoms with Crippen molar-refractivity contribution < 1.29 is 4.39 Å². The number of halogens is 2. The third-order valence-corrected chi connectivity index (χ3v) is 3.49. The van der Waals surface area contributed by atoms with Crippen LogP contribution in [0.2, 0.25) is 5.02 Å². The average Bonchev–Trinajstić information content (AvgIpc) is 2.40. The summed E-state index contributed by atoms with van der Waals surface area (Å²) < 4.78 is 14.1. The first kappa shape index (κ1) is 12.9. The molecule has 3 aromatic rings. The van der Waals surface area contributed by atoms with Gasteiger partial charge in [0.1, 0.15) is 12.1 Å². The number of hydrogen-bond acceptors (Lipinski definition) is 3. The summed E-state index contributed by atoms with van der Waals surface area (Å²) in [6.07, 6.45) is 1.40. The minimum Gasteiger partial charge on any atom is -0.235 e. The molecule has 100 valence electrons. The Kier molecular flexibility index (Phi) is 3.10. The van der Waals surface area contributed by atoms with Crippen molar-refractivity contribution in [1.29, 1.82) is 0 Å². The van der Waals surface area contributed by atoms with Crippen molar-refractivity contribution in [3.8, 4) is 11.3 Å². The minimum absolute atomic E-state index is 0.356. The van der Waals surface area contributed by atoms with Gasteiger partial charge >= 0.3 is 0 Å². The molecule has 0 bridgehead atoms. The maximum absolute atomic E-state index is 14.1. The molecule has 20 heavy (non-hydrogen) atoms. The number of nitrogens with zero attached hydrogens (tertiary/aromatic N) is 3. The van der Waals surface area contributed by atoms with E-state index in [1.807, 2.05) is 19.9 Å². The van der Waals surface area contributed by atoms with Crippen LogP contribution in [0.4, 0.5) is 4.39 Å². The fraction of sp³-hybridized carbons (Fsp3) is 0.133. The standard InChI is InChI=1S/C15H11ClFN3/c1-8-5-12-14(11-4-3-10(16)6-13(11)17)18-7-19-15(12)20-9(8)2/h3-7H,1-2H3. The van der Waals surface area contributed by atoms with Crippen LogP contribution in [0, 0.1) is 19.7 Å². The van der Waals surface area contributed by atoms with Crippen LogP contribution in [0.25, 0.3) is 22.3 Å². The van der Waals surface area contributed by atoms with Gasteiger partial charge in [0.15, 0.2) is 5.65 Å². The summed E-state index contributed by atoms with van der Waals surface area (Å²) in [5.41, 5.74) is 3.40. The van der Waals surface area contributed by atoms with Crippen molar-refractivity contribution in [3.05, 3.63) is 52.7 Å². The normalized spacial score (nSPS) is 11.0. The lowest BCUT2D eigenvalue weighted by Gasteiger charge is -2.08. The predicted octanol–water partition coefficient (Wildman–Crippen LogP) is 4.10. The maximum Gasteiger partial charge on any atom is 0.163 e. The quantitative estimate of drug-likeness (QED) is 0.676. The molecule has 0 fully saturated rings. The fourth-order valence-electron chi connectivity index (χ4n) is 2.07. The molecule has 0 aliphatic heterocycles. The van der Waals surface area contributed by atoms with Crippen LogP contribution in [-0.2, 0) is 0 Å². The van der Waals surface area contributed by atoms with Crippen molar-refractivity contribution >= 4 is 22.6 Å². The topological polar surface area (TPSA) is 38.7 Å². The second kappa shape index (κ2) is 4.80. The molecule has 5 heteroatoms. The lowest BCUT2D eigenvalue weighted by atomic mass is 10.1. The molecule has 0 radical (unpaired) electrons. The Morgan fingerprint density at radius 2 is 1.90 bits per heavy atom. The number of hydrogen-bond donors (Lipinski definition) is 0. The lowest BCUT2D eigenvalue weighted by Crippen LogP contribution is -1.96. The summed E-state index contributed by atoms with van der Waals surface area (Å²) in [7, 11) is 0. The van der Waals surface area contributed by atoms with Crippen molar-refractivity contribution in [2.75, 3.05) is 0 Å². The average molecular weight is 288 g/mol. The highest BCUT2D eigenvalue weighted by atomic mass is 35.5. The molecular formula is C15H11ClFN3. The molecule has 3 nitrogen and oxygen atoms in total. The first-order chi connectivity index (χ1) is 9.56. The maximum atomic E-state index is 14.1. The Balaban J connectivity index is 2.33. The second-order valence-electron chi connectivity index (χ2n) is 4.61. The fourth-order valence-corrected chi connectivity index (χ4v) is 2.23. The van der Waals surface area contributed by atoms with E-state index in [1.54, 1.807) is 12.1 Å². The SMILES string of the molecule is Cc1cc2c(-c3ccc(Cl)cc3F)ncnc2nc1C. The third kappa shape index (κ3) is 2.12. The summed E-state index contributed by atoms with van der Waals surface area (Å²) in [5, 5.41) is 1.09. The zero-order valence-electron chi connectivity index (χ0n) is 11.0. The van der Waals surface area contributed by atoms with E-state index in [4.69, 9.17) is 11.6 Å². The van der Waals surface area contributed by atoms with Crippen molar-refractivity contribution in [2.24, 2.45) is 0 Å². The number of fused-ring (bicyclic) bond motifs is 1. The van der Waals surface area contributed by atoms with Gasteiger partial charge in [0.05, 0.1) is 5.69 Å². The van der Waals surface area contributed by atoms with Gasteiger partial charge in [-0.05, 0) is 43.7 Å². The lowest BCUT2D eigenvalue weighted by molar-refractivity contribution is 0.631. The Morgan fingerprint density at radius 1 is 1.10 bits per heavy atom. The van der Waals surface area contributed by atoms with Gasteiger partial charge in [-0.15, -0.1) is 0 Å². The molecule has 0 spiro atoms. The molecule has 0 unspecified atom stereocenters. The van der Waals surface area contributed by atoms with Crippen LogP contribution < -0.4 is 0 Å². The molecule has 3 rings (SSSR count). The van der Waals surface area contributed by atoms with Crippen LogP contribution in [0.1, 0.15) is 11.3 Å². The van der Waals surface area contributed by atoms with Gasteiger partial charge in [-0.3, -0.25) is 0 Å². The molecule has 0 N–H and O–H groups in total. The number of aryl methyl sites for hydroxylation is 2. The monoisotopic (exact) mass is 287 g/mol. The molecule has 1 aromatic carbocycles. The summed E-state index contributed by atoms with van der Waals surface area (Å²) in [4.78, 5) is 12.8. The first-order valence-corrected chi connectivity index (χ1v) is 6.48. The highest BCUT2D eigenvalue weighted by Crippen LogP contribution is 2.29. The molecule has 2 heterocycles. The molecule has 0 amide bonds. The van der Waals surface area contributed by atoms with Crippen molar-refractivity contribution in [1.82, 2.24) is 15.0 Å². The van der Waals surface area contributed by atoms with Crippen LogP contribution >= 0.6 is 11.6 Å². The largest absolute Gasteiger partial charge is 0.235 e. The highest BCUT2D eigenvalue weighted by molar-refractivity contribution is 6.30. The van der Waals surface area contributed by atoms with Crippen molar-refractivity contribution in [2.45, 2.75) is 13.8 Å². The van der Waals surface area contributed by atoms with E-state index in [1.165, 1.54) is 12.4 Å². The Morgan fingerprint density at radius 3 is 2.65 bits per heavy atom. The van der Waals surface area contributed by atoms with E-state index in [2.05, 4.69) is 15.0 Å². The molecule has 0 aliphatic carbocycles. The number of benzene rings is 1. The van der Waals surface area contributed by atoms with E-state index >= 15 is 0 Å². The zero-order chi connectivity index (χ0) is 14.3. The Hall–Kier alpha value is -2.07. The summed E-state index contributed by atoms with van der Waals surface area (Å²) in [6, 6.07) is 6.47. The summed E-state index contributed by atoms with van der Waals surface area (Å²) in [5.74, 6) is -0.407. The Bertz CT molecular complexity index is 818. The predicted molar refractivity (Wildman–Crippen MR) is 77.2 cm³/mol. The van der Waals surface area contributed by atoms with Gasteiger partial charge in [-0.25, -0.2) is 19.3 Å². The van der Waals surface area contributed by atoms with Crippen LogP contribution in [0.3, 0.4) is 0 Å². The number of aromatic nitrogens is 3. The van der Waals surface area contributed by atoms with Gasteiger partial charge in [0.25, 0.3) is 0 Å². The zero-order valence-corrected chi connectivity index (χ0v) is 11.7. The minimum atomic E-state index is -0.407. The van der Waals surface area contributed by atoms with E-state index < -0.39 is 5.82 Å². The molecule has 2 aromatic heterocycles. The second-order valence-corrected chi connectivity index (χ2v) is 5.04. The van der Waals surface area contributed by atoms with E-state index in [9.17, 15) is 4.39 Å². The number of pyridine rings is 1. The number of rotatable bonds is 1. The van der Waals surface area contributed by atoms with E-state index in [0.717, 1.165) is 16.6 Å². The van der Waals surface area contributed by atoms with Gasteiger partial charge in [-0.1, -0.05) is 11.6 Å². The summed E-state index contributed by atoms with van der Waals surface area (Å²) in [6.45, 7) is 3.87. The summed E-state index contributed by atoms with van der Waals surface area (Å²) >= 11 is 5.78. The van der Waals surface area contributed by atoms with E-state index in [-0.39, 0.29) is 0 Å². The third-order valence-electron chi connectivity index (χ3n) is 3.25. The van der Waals surface area contributed by atoms with Gasteiger partial charge < -0.3 is 0 Å². The van der Waals surface area contributed by atoms with Gasteiger partial charge in [0.2, 0.25) is 0 Å². The molecule has 0 aliphatic rings. The van der Waals surface area contributed by atoms with Gasteiger partial charge in [0, 0.05) is 21.7 Å². The van der Waals surface area contributed by atoms with E-state index in [0.29, 0.717) is 21.9 Å². The van der Waals surface area contributed by atoms with Crippen LogP contribution in [0.15, 0.2) is 30.6 Å². The van der Waals surface area contributed by atoms with Crippen molar-refractivity contribution in [3.63, 3.8) is 0 Å². The van der Waals surface area contributed by atoms with Crippen LogP contribution in [-0.4, -0.2) is 15.0 Å². The van der Waals surface area contributed by atoms with Crippen LogP contribution in [0.5, 0.6) is 0 Å². The molecule has 0 saturated carbocycles. The Labute approximate surface area is 120 Å². The smallest absolute Gasteiger partial charge is 0.163 e. The molecular weight excluding hydrogens is 277 g/mol. The molecule has 0 atom stereocenters. The highest BCUT2D eigenvalue weighted by Gasteiger charge is 2.13. The molecule has 0 saturated heterocycles. The first-order valence-electron chi connectivity index (χ1n) is 6.10.